The SMILES string of the molecule is O=CCN1CCN(c2ccccc2Br)C1=O. The van der Waals surface area contributed by atoms with Crippen molar-refractivity contribution in [1.82, 2.24) is 4.90 Å². The molecule has 2 rings (SSSR count). The second kappa shape index (κ2) is 4.65. The van der Waals surface area contributed by atoms with Crippen molar-refractivity contribution in [3.8, 4) is 0 Å². The van der Waals surface area contributed by atoms with Crippen molar-refractivity contribution in [2.45, 2.75) is 0 Å². The summed E-state index contributed by atoms with van der Waals surface area (Å²) in [7, 11) is 0. The Morgan fingerprint density at radius 3 is 2.75 bits per heavy atom. The first kappa shape index (κ1) is 11.1. The van der Waals surface area contributed by atoms with Gasteiger partial charge in [-0.1, -0.05) is 12.1 Å². The number of aldehydes is 1. The molecule has 1 saturated heterocycles. The minimum absolute atomic E-state index is 0.112. The lowest BCUT2D eigenvalue weighted by molar-refractivity contribution is -0.108. The molecule has 0 N–H and O–H groups in total. The fourth-order valence-electron chi connectivity index (χ4n) is 1.74. The highest BCUT2D eigenvalue weighted by molar-refractivity contribution is 9.10. The van der Waals surface area contributed by atoms with E-state index < -0.39 is 0 Å². The molecule has 1 aromatic carbocycles. The van der Waals surface area contributed by atoms with Gasteiger partial charge in [-0.15, -0.1) is 0 Å². The highest BCUT2D eigenvalue weighted by Crippen LogP contribution is 2.28. The summed E-state index contributed by atoms with van der Waals surface area (Å²) in [6.07, 6.45) is 0.751. The first-order chi connectivity index (χ1) is 7.74. The van der Waals surface area contributed by atoms with Crippen LogP contribution in [0.1, 0.15) is 0 Å². The first-order valence-electron chi connectivity index (χ1n) is 4.98. The van der Waals surface area contributed by atoms with Crippen LogP contribution in [0, 0.1) is 0 Å². The van der Waals surface area contributed by atoms with E-state index in [4.69, 9.17) is 0 Å². The van der Waals surface area contributed by atoms with Crippen LogP contribution < -0.4 is 4.90 Å². The quantitative estimate of drug-likeness (QED) is 0.795. The molecule has 5 heteroatoms. The van der Waals surface area contributed by atoms with Crippen LogP contribution in [-0.4, -0.2) is 36.9 Å². The van der Waals surface area contributed by atoms with Crippen molar-refractivity contribution in [1.29, 1.82) is 0 Å². The molecule has 0 saturated carbocycles. The Morgan fingerprint density at radius 2 is 2.06 bits per heavy atom. The first-order valence-corrected chi connectivity index (χ1v) is 5.78. The predicted octanol–water partition coefficient (Wildman–Crippen LogP) is 1.89. The van der Waals surface area contributed by atoms with E-state index in [9.17, 15) is 9.59 Å². The van der Waals surface area contributed by atoms with E-state index >= 15 is 0 Å². The maximum atomic E-state index is 11.9. The summed E-state index contributed by atoms with van der Waals surface area (Å²) in [5.41, 5.74) is 0.848. The summed E-state index contributed by atoms with van der Waals surface area (Å²) in [4.78, 5) is 25.5. The molecule has 1 aliphatic rings. The van der Waals surface area contributed by atoms with Gasteiger partial charge < -0.3 is 9.69 Å². The van der Waals surface area contributed by atoms with Gasteiger partial charge in [0, 0.05) is 17.6 Å². The summed E-state index contributed by atoms with van der Waals surface area (Å²) in [5, 5.41) is 0. The van der Waals surface area contributed by atoms with Crippen LogP contribution in [0.3, 0.4) is 0 Å². The Bertz CT molecular complexity index is 422. The number of rotatable bonds is 3. The zero-order valence-electron chi connectivity index (χ0n) is 8.60. The van der Waals surface area contributed by atoms with Gasteiger partial charge in [0.05, 0.1) is 12.2 Å². The van der Waals surface area contributed by atoms with E-state index in [-0.39, 0.29) is 12.6 Å². The van der Waals surface area contributed by atoms with Crippen molar-refractivity contribution in [3.05, 3.63) is 28.7 Å². The molecule has 0 radical (unpaired) electrons. The maximum Gasteiger partial charge on any atom is 0.325 e. The number of hydrogen-bond donors (Lipinski definition) is 0. The van der Waals surface area contributed by atoms with Crippen LogP contribution in [0.2, 0.25) is 0 Å². The van der Waals surface area contributed by atoms with Crippen LogP contribution >= 0.6 is 15.9 Å². The van der Waals surface area contributed by atoms with Gasteiger partial charge in [-0.2, -0.15) is 0 Å². The Balaban J connectivity index is 2.22. The van der Waals surface area contributed by atoms with Gasteiger partial charge in [0.1, 0.15) is 6.29 Å². The summed E-state index contributed by atoms with van der Waals surface area (Å²) >= 11 is 3.41. The average molecular weight is 283 g/mol. The highest BCUT2D eigenvalue weighted by Gasteiger charge is 2.29. The lowest BCUT2D eigenvalue weighted by Crippen LogP contribution is -2.33. The molecule has 0 bridgehead atoms. The molecule has 16 heavy (non-hydrogen) atoms. The van der Waals surface area contributed by atoms with Crippen molar-refractivity contribution in [2.75, 3.05) is 24.5 Å². The minimum Gasteiger partial charge on any atom is -0.316 e. The Hall–Kier alpha value is -1.36. The molecule has 0 spiro atoms. The van der Waals surface area contributed by atoms with Crippen LogP contribution in [0.4, 0.5) is 10.5 Å². The fraction of sp³-hybridized carbons (Fsp3) is 0.273. The van der Waals surface area contributed by atoms with Crippen LogP contribution in [-0.2, 0) is 4.79 Å². The molecule has 1 aromatic rings. The van der Waals surface area contributed by atoms with Crippen LogP contribution in [0.25, 0.3) is 0 Å². The number of carbonyl (C=O) groups is 2. The van der Waals surface area contributed by atoms with E-state index in [2.05, 4.69) is 15.9 Å². The van der Waals surface area contributed by atoms with E-state index in [0.29, 0.717) is 13.1 Å². The lowest BCUT2D eigenvalue weighted by Gasteiger charge is -2.18. The number of anilines is 1. The maximum absolute atomic E-state index is 11.9. The number of carbonyl (C=O) groups excluding carboxylic acids is 2. The van der Waals surface area contributed by atoms with Crippen LogP contribution in [0.5, 0.6) is 0 Å². The Kier molecular flexibility index (Phi) is 3.24. The number of para-hydroxylation sites is 1. The van der Waals surface area contributed by atoms with Gasteiger partial charge >= 0.3 is 6.03 Å². The molecule has 1 aliphatic heterocycles. The lowest BCUT2D eigenvalue weighted by atomic mass is 10.3. The van der Waals surface area contributed by atoms with E-state index in [1.54, 1.807) is 4.90 Å². The zero-order chi connectivity index (χ0) is 11.5. The highest BCUT2D eigenvalue weighted by atomic mass is 79.9. The molecule has 1 fully saturated rings. The average Bonchev–Trinajstić information content (AvgIpc) is 2.62. The minimum atomic E-state index is -0.112. The molecule has 1 heterocycles. The third-order valence-electron chi connectivity index (χ3n) is 2.53. The number of halogens is 1. The van der Waals surface area contributed by atoms with Crippen molar-refractivity contribution in [3.63, 3.8) is 0 Å². The van der Waals surface area contributed by atoms with E-state index in [1.807, 2.05) is 24.3 Å². The third-order valence-corrected chi connectivity index (χ3v) is 3.20. The normalized spacial score (nSPS) is 15.7. The Labute approximate surface area is 102 Å². The monoisotopic (exact) mass is 282 g/mol. The fourth-order valence-corrected chi connectivity index (χ4v) is 2.24. The number of nitrogens with zero attached hydrogens (tertiary/aromatic N) is 2. The Morgan fingerprint density at radius 1 is 1.31 bits per heavy atom. The summed E-state index contributed by atoms with van der Waals surface area (Å²) in [6.45, 7) is 1.38. The molecular weight excluding hydrogens is 272 g/mol. The largest absolute Gasteiger partial charge is 0.325 e. The van der Waals surface area contributed by atoms with Crippen LogP contribution in [0.15, 0.2) is 28.7 Å². The molecule has 0 aromatic heterocycles. The standard InChI is InChI=1S/C11H11BrN2O2/c12-9-3-1-2-4-10(9)14-6-5-13(7-8-15)11(14)16/h1-4,8H,5-7H2. The number of hydrogen-bond acceptors (Lipinski definition) is 2. The summed E-state index contributed by atoms with van der Waals surface area (Å²) < 4.78 is 0.885. The second-order valence-electron chi connectivity index (χ2n) is 3.50. The number of amides is 2. The third kappa shape index (κ3) is 1.95. The molecule has 84 valence electrons. The topological polar surface area (TPSA) is 40.6 Å². The van der Waals surface area contributed by atoms with Gasteiger partial charge in [-0.25, -0.2) is 4.79 Å². The number of urea groups is 1. The van der Waals surface area contributed by atoms with Gasteiger partial charge in [-0.05, 0) is 28.1 Å². The van der Waals surface area contributed by atoms with Gasteiger partial charge in [0.15, 0.2) is 0 Å². The van der Waals surface area contributed by atoms with Gasteiger partial charge in [-0.3, -0.25) is 4.90 Å². The molecule has 2 amide bonds. The van der Waals surface area contributed by atoms with Crippen molar-refractivity contribution >= 4 is 33.9 Å². The predicted molar refractivity (Wildman–Crippen MR) is 64.5 cm³/mol. The molecule has 0 aliphatic carbocycles. The van der Waals surface area contributed by atoms with E-state index in [0.717, 1.165) is 16.4 Å². The molecule has 0 unspecified atom stereocenters. The molecular formula is C11H11BrN2O2. The zero-order valence-corrected chi connectivity index (χ0v) is 10.2. The van der Waals surface area contributed by atoms with E-state index in [1.165, 1.54) is 4.90 Å². The molecule has 0 atom stereocenters. The van der Waals surface area contributed by atoms with Crippen molar-refractivity contribution < 1.29 is 9.59 Å². The smallest absolute Gasteiger partial charge is 0.316 e. The summed E-state index contributed by atoms with van der Waals surface area (Å²) in [6, 6.07) is 7.45. The second-order valence-corrected chi connectivity index (χ2v) is 4.35. The van der Waals surface area contributed by atoms with Crippen molar-refractivity contribution in [2.24, 2.45) is 0 Å². The number of benzene rings is 1. The molecule has 4 nitrogen and oxygen atoms in total. The van der Waals surface area contributed by atoms with Gasteiger partial charge in [0.2, 0.25) is 0 Å². The van der Waals surface area contributed by atoms with Gasteiger partial charge in [0.25, 0.3) is 0 Å². The summed E-state index contributed by atoms with van der Waals surface area (Å²) in [5.74, 6) is 0.